The normalized spacial score (nSPS) is 26.2. The second kappa shape index (κ2) is 10.0. The van der Waals surface area contributed by atoms with E-state index < -0.39 is 23.1 Å². The number of nitrogens with zero attached hydrogens (tertiary/aromatic N) is 1. The molecule has 1 spiro atoms. The van der Waals surface area contributed by atoms with Crippen LogP contribution in [-0.2, 0) is 38.2 Å². The summed E-state index contributed by atoms with van der Waals surface area (Å²) in [6, 6.07) is 4.66. The number of benzene rings is 1. The molecule has 3 unspecified atom stereocenters. The lowest BCUT2D eigenvalue weighted by atomic mass is 9.69. The molecule has 1 fully saturated rings. The molecule has 2 aromatic rings. The summed E-state index contributed by atoms with van der Waals surface area (Å²) in [7, 11) is 0. The number of hydrogen-bond acceptors (Lipinski definition) is 5. The molecule has 226 valence electrons. The van der Waals surface area contributed by atoms with E-state index in [0.717, 1.165) is 41.8 Å². The molecule has 0 bridgehead atoms. The predicted molar refractivity (Wildman–Crippen MR) is 150 cm³/mol. The summed E-state index contributed by atoms with van der Waals surface area (Å²) in [5.41, 5.74) is 2.56. The Morgan fingerprint density at radius 2 is 1.61 bits per heavy atom. The van der Waals surface area contributed by atoms with Gasteiger partial charge in [-0.05, 0) is 48.6 Å². The summed E-state index contributed by atoms with van der Waals surface area (Å²) in [4.78, 5) is 5.22. The van der Waals surface area contributed by atoms with Gasteiger partial charge in [-0.15, -0.1) is 0 Å². The van der Waals surface area contributed by atoms with Crippen molar-refractivity contribution in [2.45, 2.75) is 117 Å². The number of pyridine rings is 1. The van der Waals surface area contributed by atoms with Crippen molar-refractivity contribution in [3.63, 3.8) is 0 Å². The first kappa shape index (κ1) is 30.5. The van der Waals surface area contributed by atoms with Crippen LogP contribution in [0.2, 0.25) is 0 Å². The van der Waals surface area contributed by atoms with E-state index in [1.54, 1.807) is 0 Å². The lowest BCUT2D eigenvalue weighted by molar-refractivity contribution is -0.251. The highest BCUT2D eigenvalue weighted by atomic mass is 19.4. The van der Waals surface area contributed by atoms with E-state index in [1.807, 2.05) is 13.8 Å². The SMILES string of the molecule is CC(C)c1nc2c(c3c1C(O)(c1ccc(C(F)(F)F)cc1)OC31CCOCC1)C(OC(C)C(C)(C)C)CC(C)(C)C2. The summed E-state index contributed by atoms with van der Waals surface area (Å²) in [5, 5.41) is 12.5. The molecule has 3 atom stereocenters. The highest BCUT2D eigenvalue weighted by molar-refractivity contribution is 5.56. The molecular formula is C33H44F3NO4. The van der Waals surface area contributed by atoms with Crippen molar-refractivity contribution < 1.29 is 32.5 Å². The molecule has 1 aliphatic carbocycles. The summed E-state index contributed by atoms with van der Waals surface area (Å²) in [5.74, 6) is -2.03. The molecule has 3 aliphatic rings. The van der Waals surface area contributed by atoms with Crippen LogP contribution in [-0.4, -0.2) is 29.4 Å². The molecule has 1 saturated heterocycles. The number of aromatic nitrogens is 1. The van der Waals surface area contributed by atoms with Gasteiger partial charge in [0.25, 0.3) is 0 Å². The molecule has 0 saturated carbocycles. The van der Waals surface area contributed by atoms with E-state index in [-0.39, 0.29) is 34.5 Å². The van der Waals surface area contributed by atoms with Gasteiger partial charge in [-0.1, -0.05) is 60.6 Å². The van der Waals surface area contributed by atoms with E-state index >= 15 is 0 Å². The van der Waals surface area contributed by atoms with Gasteiger partial charge < -0.3 is 19.3 Å². The highest BCUT2D eigenvalue weighted by Gasteiger charge is 2.59. The van der Waals surface area contributed by atoms with Gasteiger partial charge in [-0.2, -0.15) is 13.2 Å². The maximum absolute atomic E-state index is 13.4. The van der Waals surface area contributed by atoms with Gasteiger partial charge in [-0.3, -0.25) is 4.98 Å². The van der Waals surface area contributed by atoms with Crippen LogP contribution < -0.4 is 0 Å². The minimum Gasteiger partial charge on any atom is -0.381 e. The first-order valence-electron chi connectivity index (χ1n) is 14.8. The van der Waals surface area contributed by atoms with E-state index in [1.165, 1.54) is 12.1 Å². The zero-order valence-corrected chi connectivity index (χ0v) is 25.5. The maximum atomic E-state index is 13.4. The average Bonchev–Trinajstić information content (AvgIpc) is 3.10. The van der Waals surface area contributed by atoms with Crippen LogP contribution >= 0.6 is 0 Å². The van der Waals surface area contributed by atoms with Gasteiger partial charge in [0, 0.05) is 54.0 Å². The van der Waals surface area contributed by atoms with Crippen molar-refractivity contribution in [2.24, 2.45) is 10.8 Å². The largest absolute Gasteiger partial charge is 0.416 e. The van der Waals surface area contributed by atoms with Crippen molar-refractivity contribution >= 4 is 0 Å². The molecule has 41 heavy (non-hydrogen) atoms. The second-order valence-electron chi connectivity index (χ2n) is 14.4. The molecular weight excluding hydrogens is 531 g/mol. The van der Waals surface area contributed by atoms with Gasteiger partial charge in [0.15, 0.2) is 0 Å². The molecule has 5 rings (SSSR count). The zero-order valence-electron chi connectivity index (χ0n) is 25.5. The molecule has 0 radical (unpaired) electrons. The zero-order chi connectivity index (χ0) is 30.2. The number of alkyl halides is 3. The van der Waals surface area contributed by atoms with Gasteiger partial charge in [0.1, 0.15) is 5.60 Å². The summed E-state index contributed by atoms with van der Waals surface area (Å²) in [6.45, 7) is 18.0. The third-order valence-electron chi connectivity index (χ3n) is 9.22. The Morgan fingerprint density at radius 3 is 2.15 bits per heavy atom. The van der Waals surface area contributed by atoms with Gasteiger partial charge in [0.2, 0.25) is 5.79 Å². The number of ether oxygens (including phenoxy) is 3. The maximum Gasteiger partial charge on any atom is 0.416 e. The van der Waals surface area contributed by atoms with Crippen molar-refractivity contribution in [1.29, 1.82) is 0 Å². The summed E-state index contributed by atoms with van der Waals surface area (Å²) < 4.78 is 59.7. The monoisotopic (exact) mass is 575 g/mol. The standard InChI is InChI=1S/C33H44F3NO4/c1-19(2)28-27-26(25-23(37-28)17-30(7,8)18-24(25)40-20(3)29(4,5)6)31(13-15-39-16-14-31)41-32(27,38)21-9-11-22(12-10-21)33(34,35)36/h9-12,19-20,24,38H,13-18H2,1-8H3. The quantitative estimate of drug-likeness (QED) is 0.401. The first-order valence-corrected chi connectivity index (χ1v) is 14.8. The smallest absolute Gasteiger partial charge is 0.381 e. The minimum absolute atomic E-state index is 0.0587. The Balaban J connectivity index is 1.79. The number of fused-ring (bicyclic) bond motifs is 4. The van der Waals surface area contributed by atoms with Crippen molar-refractivity contribution in [3.8, 4) is 0 Å². The van der Waals surface area contributed by atoms with Crippen LogP contribution in [0.4, 0.5) is 13.2 Å². The van der Waals surface area contributed by atoms with Crippen LogP contribution in [0.1, 0.15) is 126 Å². The Morgan fingerprint density at radius 1 is 1.00 bits per heavy atom. The molecule has 1 N–H and O–H groups in total. The van der Waals surface area contributed by atoms with E-state index in [4.69, 9.17) is 19.2 Å². The minimum atomic E-state index is -4.48. The van der Waals surface area contributed by atoms with E-state index in [9.17, 15) is 18.3 Å². The molecule has 1 aromatic heterocycles. The molecule has 8 heteroatoms. The fraction of sp³-hybridized carbons (Fsp3) is 0.667. The molecule has 0 amide bonds. The fourth-order valence-electron chi connectivity index (χ4n) is 6.61. The van der Waals surface area contributed by atoms with Crippen LogP contribution in [0.15, 0.2) is 24.3 Å². The molecule has 1 aromatic carbocycles. The Kier molecular flexibility index (Phi) is 7.45. The molecule has 5 nitrogen and oxygen atoms in total. The van der Waals surface area contributed by atoms with E-state index in [2.05, 4.69) is 41.5 Å². The summed E-state index contributed by atoms with van der Waals surface area (Å²) >= 11 is 0. The van der Waals surface area contributed by atoms with Gasteiger partial charge in [0.05, 0.1) is 23.5 Å². The van der Waals surface area contributed by atoms with Crippen molar-refractivity contribution in [1.82, 2.24) is 4.98 Å². The van der Waals surface area contributed by atoms with E-state index in [0.29, 0.717) is 37.3 Å². The second-order valence-corrected chi connectivity index (χ2v) is 14.4. The number of hydrogen-bond donors (Lipinski definition) is 1. The van der Waals surface area contributed by atoms with Crippen LogP contribution in [0.3, 0.4) is 0 Å². The highest BCUT2D eigenvalue weighted by Crippen LogP contribution is 2.59. The summed E-state index contributed by atoms with van der Waals surface area (Å²) in [6.07, 6.45) is -2.25. The number of halogens is 3. The predicted octanol–water partition coefficient (Wildman–Crippen LogP) is 7.92. The lowest BCUT2D eigenvalue weighted by Crippen LogP contribution is -2.39. The Labute approximate surface area is 241 Å². The number of rotatable bonds is 4. The average molecular weight is 576 g/mol. The Bertz CT molecular complexity index is 1290. The fourth-order valence-corrected chi connectivity index (χ4v) is 6.61. The van der Waals surface area contributed by atoms with Crippen molar-refractivity contribution in [2.75, 3.05) is 13.2 Å². The van der Waals surface area contributed by atoms with Crippen LogP contribution in [0, 0.1) is 10.8 Å². The third kappa shape index (κ3) is 5.34. The number of aliphatic hydroxyl groups is 1. The first-order chi connectivity index (χ1) is 18.9. The molecule has 2 aliphatic heterocycles. The van der Waals surface area contributed by atoms with Crippen molar-refractivity contribution in [3.05, 3.63) is 63.5 Å². The third-order valence-corrected chi connectivity index (χ3v) is 9.22. The van der Waals surface area contributed by atoms with Gasteiger partial charge >= 0.3 is 6.18 Å². The topological polar surface area (TPSA) is 60.8 Å². The Hall–Kier alpha value is -2.00. The van der Waals surface area contributed by atoms with Crippen LogP contribution in [0.25, 0.3) is 0 Å². The van der Waals surface area contributed by atoms with Crippen LogP contribution in [0.5, 0.6) is 0 Å². The molecule has 3 heterocycles. The van der Waals surface area contributed by atoms with Gasteiger partial charge in [-0.25, -0.2) is 0 Å². The lowest BCUT2D eigenvalue weighted by Gasteiger charge is -2.43.